The van der Waals surface area contributed by atoms with Gasteiger partial charge in [0.2, 0.25) is 0 Å². The van der Waals surface area contributed by atoms with Gasteiger partial charge in [-0.15, -0.1) is 5.16 Å². The number of oxime groups is 1. The highest BCUT2D eigenvalue weighted by Crippen LogP contribution is 2.16. The van der Waals surface area contributed by atoms with Crippen molar-refractivity contribution in [2.75, 3.05) is 0 Å². The minimum absolute atomic E-state index is 0.118. The van der Waals surface area contributed by atoms with Crippen molar-refractivity contribution >= 4 is 17.8 Å². The topological polar surface area (TPSA) is 32.6 Å². The molecule has 0 bridgehead atoms. The van der Waals surface area contributed by atoms with Gasteiger partial charge >= 0.3 is 0 Å². The van der Waals surface area contributed by atoms with Crippen molar-refractivity contribution in [3.63, 3.8) is 0 Å². The largest absolute Gasteiger partial charge is 0.411 e. The first-order valence-electron chi connectivity index (χ1n) is 3.67. The summed E-state index contributed by atoms with van der Waals surface area (Å²) >= 11 is 5.71. The average Bonchev–Trinajstić information content (AvgIpc) is 2.06. The maximum atomic E-state index is 8.30. The number of benzene rings is 1. The quantitative estimate of drug-likeness (QED) is 0.427. The summed E-state index contributed by atoms with van der Waals surface area (Å²) in [6, 6.07) is 7.46. The molecular formula is C9H10ClNO. The first-order chi connectivity index (χ1) is 5.74. The SMILES string of the molecule is C[C@H](/C=N/O)c1ccc(Cl)cc1. The van der Waals surface area contributed by atoms with Gasteiger partial charge in [-0.1, -0.05) is 30.7 Å². The monoisotopic (exact) mass is 183 g/mol. The van der Waals surface area contributed by atoms with Crippen LogP contribution in [0, 0.1) is 0 Å². The highest BCUT2D eigenvalue weighted by atomic mass is 35.5. The van der Waals surface area contributed by atoms with Crippen LogP contribution in [0.2, 0.25) is 5.02 Å². The third-order valence-electron chi connectivity index (χ3n) is 1.69. The second-order valence-electron chi connectivity index (χ2n) is 2.60. The van der Waals surface area contributed by atoms with Crippen LogP contribution in [0.1, 0.15) is 18.4 Å². The molecule has 1 aromatic carbocycles. The molecule has 0 spiro atoms. The Morgan fingerprint density at radius 1 is 1.42 bits per heavy atom. The van der Waals surface area contributed by atoms with Gasteiger partial charge in [-0.25, -0.2) is 0 Å². The Kier molecular flexibility index (Phi) is 3.11. The normalized spacial score (nSPS) is 13.5. The lowest BCUT2D eigenvalue weighted by atomic mass is 10.0. The number of nitrogens with zero attached hydrogens (tertiary/aromatic N) is 1. The molecule has 0 aliphatic heterocycles. The Hall–Kier alpha value is -1.02. The lowest BCUT2D eigenvalue weighted by molar-refractivity contribution is 0.320. The van der Waals surface area contributed by atoms with Crippen LogP contribution in [0.25, 0.3) is 0 Å². The fourth-order valence-corrected chi connectivity index (χ4v) is 1.08. The standard InChI is InChI=1S/C9H10ClNO/c1-7(6-11-12)8-2-4-9(10)5-3-8/h2-7,12H,1H3/b11-6+/t7-/m1/s1. The van der Waals surface area contributed by atoms with Crippen LogP contribution < -0.4 is 0 Å². The van der Waals surface area contributed by atoms with Crippen LogP contribution in [0.4, 0.5) is 0 Å². The molecule has 0 aliphatic rings. The summed E-state index contributed by atoms with van der Waals surface area (Å²) in [4.78, 5) is 0. The highest BCUT2D eigenvalue weighted by molar-refractivity contribution is 6.30. The van der Waals surface area contributed by atoms with Crippen molar-refractivity contribution in [1.29, 1.82) is 0 Å². The fourth-order valence-electron chi connectivity index (χ4n) is 0.952. The molecule has 64 valence electrons. The van der Waals surface area contributed by atoms with Gasteiger partial charge in [0, 0.05) is 10.9 Å². The number of rotatable bonds is 2. The van der Waals surface area contributed by atoms with Gasteiger partial charge in [0.25, 0.3) is 0 Å². The Morgan fingerprint density at radius 2 is 2.00 bits per heavy atom. The molecule has 1 atom stereocenters. The van der Waals surface area contributed by atoms with Crippen LogP contribution in [0.15, 0.2) is 29.4 Å². The average molecular weight is 184 g/mol. The minimum atomic E-state index is 0.118. The summed E-state index contributed by atoms with van der Waals surface area (Å²) in [5, 5.41) is 12.0. The second-order valence-corrected chi connectivity index (χ2v) is 3.04. The van der Waals surface area contributed by atoms with Gasteiger partial charge in [-0.05, 0) is 17.7 Å². The Bertz CT molecular complexity index is 268. The summed E-state index contributed by atoms with van der Waals surface area (Å²) in [6.07, 6.45) is 1.48. The fraction of sp³-hybridized carbons (Fsp3) is 0.222. The van der Waals surface area contributed by atoms with E-state index in [0.29, 0.717) is 5.02 Å². The molecule has 12 heavy (non-hydrogen) atoms. The van der Waals surface area contributed by atoms with Gasteiger partial charge in [-0.2, -0.15) is 0 Å². The summed E-state index contributed by atoms with van der Waals surface area (Å²) < 4.78 is 0. The van der Waals surface area contributed by atoms with E-state index in [-0.39, 0.29) is 5.92 Å². The van der Waals surface area contributed by atoms with E-state index in [9.17, 15) is 0 Å². The molecule has 0 fully saturated rings. The molecule has 0 radical (unpaired) electrons. The van der Waals surface area contributed by atoms with Crippen LogP contribution in [-0.4, -0.2) is 11.4 Å². The molecule has 0 amide bonds. The van der Waals surface area contributed by atoms with Gasteiger partial charge < -0.3 is 5.21 Å². The maximum Gasteiger partial charge on any atom is 0.0507 e. The zero-order valence-corrected chi connectivity index (χ0v) is 7.49. The second kappa shape index (κ2) is 4.12. The van der Waals surface area contributed by atoms with Crippen molar-refractivity contribution < 1.29 is 5.21 Å². The van der Waals surface area contributed by atoms with E-state index in [1.165, 1.54) is 6.21 Å². The van der Waals surface area contributed by atoms with Crippen molar-refractivity contribution in [2.24, 2.45) is 5.16 Å². The molecular weight excluding hydrogens is 174 g/mol. The van der Waals surface area contributed by atoms with E-state index in [1.807, 2.05) is 31.2 Å². The smallest absolute Gasteiger partial charge is 0.0507 e. The van der Waals surface area contributed by atoms with Gasteiger partial charge in [-0.3, -0.25) is 0 Å². The predicted molar refractivity (Wildman–Crippen MR) is 50.1 cm³/mol. The van der Waals surface area contributed by atoms with E-state index in [4.69, 9.17) is 16.8 Å². The molecule has 1 N–H and O–H groups in total. The van der Waals surface area contributed by atoms with Gasteiger partial charge in [0.05, 0.1) is 6.21 Å². The lowest BCUT2D eigenvalue weighted by Crippen LogP contribution is -1.93. The molecule has 0 aliphatic carbocycles. The third kappa shape index (κ3) is 2.24. The zero-order valence-electron chi connectivity index (χ0n) is 6.74. The van der Waals surface area contributed by atoms with Crippen molar-refractivity contribution in [2.45, 2.75) is 12.8 Å². The predicted octanol–water partition coefficient (Wildman–Crippen LogP) is 2.90. The van der Waals surface area contributed by atoms with E-state index in [2.05, 4.69) is 5.16 Å². The van der Waals surface area contributed by atoms with Crippen LogP contribution in [-0.2, 0) is 0 Å². The molecule has 1 aromatic rings. The summed E-state index contributed by atoms with van der Waals surface area (Å²) in [7, 11) is 0. The van der Waals surface area contributed by atoms with Gasteiger partial charge in [0.15, 0.2) is 0 Å². The van der Waals surface area contributed by atoms with Crippen molar-refractivity contribution in [1.82, 2.24) is 0 Å². The maximum absolute atomic E-state index is 8.30. The highest BCUT2D eigenvalue weighted by Gasteiger charge is 2.00. The van der Waals surface area contributed by atoms with Crippen molar-refractivity contribution in [3.8, 4) is 0 Å². The van der Waals surface area contributed by atoms with Crippen LogP contribution in [0.3, 0.4) is 0 Å². The number of hydrogen-bond acceptors (Lipinski definition) is 2. The Morgan fingerprint density at radius 3 is 2.50 bits per heavy atom. The van der Waals surface area contributed by atoms with Crippen LogP contribution >= 0.6 is 11.6 Å². The first-order valence-corrected chi connectivity index (χ1v) is 4.05. The Labute approximate surface area is 76.5 Å². The van der Waals surface area contributed by atoms with Gasteiger partial charge in [0.1, 0.15) is 0 Å². The van der Waals surface area contributed by atoms with E-state index in [1.54, 1.807) is 0 Å². The van der Waals surface area contributed by atoms with E-state index in [0.717, 1.165) is 5.56 Å². The molecule has 0 aromatic heterocycles. The van der Waals surface area contributed by atoms with Crippen LogP contribution in [0.5, 0.6) is 0 Å². The first kappa shape index (κ1) is 9.07. The number of hydrogen-bond donors (Lipinski definition) is 1. The summed E-state index contributed by atoms with van der Waals surface area (Å²) in [5.41, 5.74) is 1.08. The zero-order chi connectivity index (χ0) is 8.97. The van der Waals surface area contributed by atoms with E-state index < -0.39 is 0 Å². The molecule has 3 heteroatoms. The summed E-state index contributed by atoms with van der Waals surface area (Å²) in [5.74, 6) is 0.118. The molecule has 2 nitrogen and oxygen atoms in total. The van der Waals surface area contributed by atoms with E-state index >= 15 is 0 Å². The molecule has 0 saturated heterocycles. The molecule has 0 heterocycles. The number of halogens is 1. The molecule has 0 unspecified atom stereocenters. The van der Waals surface area contributed by atoms with Crippen molar-refractivity contribution in [3.05, 3.63) is 34.9 Å². The molecule has 0 saturated carbocycles. The molecule has 1 rings (SSSR count). The third-order valence-corrected chi connectivity index (χ3v) is 1.94. The minimum Gasteiger partial charge on any atom is -0.411 e. The summed E-state index contributed by atoms with van der Waals surface area (Å²) in [6.45, 7) is 1.95. The lowest BCUT2D eigenvalue weighted by Gasteiger charge is -2.03. The Balaban J connectivity index is 2.82.